The van der Waals surface area contributed by atoms with Crippen LogP contribution in [0.4, 0.5) is 89.2 Å². The number of nitrogens with zero attached hydrogens (tertiary/aromatic N) is 2. The standard InChI is InChI=1S/C62H86F6N14O14/c1-57(2,3)93-53(87)79-49(80-54(88)94-58(4,5)6)71-25-15-13-17-45(83)75-41-29-35(61(63,64)65)31-43(47(41)91-39-23-27-69-33-39)77-51(85)73-37-19-21-38(22-20-37)74-52(86)78-44-32-36(62(66,67)68)30-42(48(44)92-40-24-28-70-34-40)76-46(84)18-14-16-26-72-50(81-55(89)95-59(7,8)9)82-56(90)96-60(10,11)12/h19-22,29-32,39-40,69-70H,13-18,23-28,33-34H2,1-12H3,(H,75,83)(H,76,84)(H2,73,77,85)(H2,74,78,86)(H2,71,79,80,87,88)(H2,72,81,82,89,90). The number of urea groups is 2. The molecule has 12 N–H and O–H groups in total. The van der Waals surface area contributed by atoms with Crippen molar-refractivity contribution in [3.8, 4) is 11.5 Å². The van der Waals surface area contributed by atoms with E-state index in [1.807, 2.05) is 0 Å². The maximum absolute atomic E-state index is 14.5. The maximum atomic E-state index is 14.5. The summed E-state index contributed by atoms with van der Waals surface area (Å²) in [6.45, 7) is 21.0. The molecule has 0 saturated carbocycles. The molecule has 2 unspecified atom stereocenters. The molecular weight excluding hydrogens is 1280 g/mol. The summed E-state index contributed by atoms with van der Waals surface area (Å²) < 4.78 is 120. The summed E-state index contributed by atoms with van der Waals surface area (Å²) in [5, 5.41) is 30.2. The SMILES string of the molecule is CC(C)(C)OC(=O)NC(=NCCCCC(=O)Nc1cc(C(F)(F)F)cc(NC(=O)Nc2ccc(NC(=O)Nc3cc(C(F)(F)F)cc(NC(=O)CCCCN=C(NC(=O)OC(C)(C)C)NC(=O)OC(C)(C)C)c3OC3CCNC3)cc2)c1OC1CCNC1)NC(=O)OC(C)(C)C. The smallest absolute Gasteiger partial charge is 0.416 e. The van der Waals surface area contributed by atoms with Crippen LogP contribution in [0.5, 0.6) is 11.5 Å². The summed E-state index contributed by atoms with van der Waals surface area (Å²) in [4.78, 5) is 113. The number of benzene rings is 3. The second kappa shape index (κ2) is 33.9. The van der Waals surface area contributed by atoms with E-state index in [1.165, 1.54) is 24.3 Å². The van der Waals surface area contributed by atoms with Gasteiger partial charge in [-0.05, 0) is 183 Å². The number of carbonyl (C=O) groups excluding carboxylic acids is 8. The number of hydrogen-bond acceptors (Lipinski definition) is 18. The van der Waals surface area contributed by atoms with Gasteiger partial charge in [0.05, 0.1) is 33.9 Å². The molecular formula is C62H86F6N14O14. The van der Waals surface area contributed by atoms with Gasteiger partial charge in [-0.2, -0.15) is 26.3 Å². The van der Waals surface area contributed by atoms with Crippen molar-refractivity contribution in [3.63, 3.8) is 0 Å². The predicted octanol–water partition coefficient (Wildman–Crippen LogP) is 11.5. The van der Waals surface area contributed by atoms with Gasteiger partial charge in [0.25, 0.3) is 0 Å². The Kier molecular flexibility index (Phi) is 27.3. The van der Waals surface area contributed by atoms with E-state index in [0.717, 1.165) is 0 Å². The lowest BCUT2D eigenvalue weighted by atomic mass is 10.1. The summed E-state index contributed by atoms with van der Waals surface area (Å²) in [5.41, 5.74) is -7.77. The third-order valence-electron chi connectivity index (χ3n) is 12.5. The number of ether oxygens (including phenoxy) is 6. The van der Waals surface area contributed by atoms with Crippen LogP contribution in [0, 0.1) is 0 Å². The van der Waals surface area contributed by atoms with E-state index < -0.39 is 129 Å². The van der Waals surface area contributed by atoms with Crippen LogP contribution in [0.15, 0.2) is 58.5 Å². The molecule has 10 amide bonds. The number of halogens is 6. The molecule has 0 aliphatic carbocycles. The Hall–Kier alpha value is -9.34. The van der Waals surface area contributed by atoms with Gasteiger partial charge in [-0.15, -0.1) is 0 Å². The van der Waals surface area contributed by atoms with Gasteiger partial charge < -0.3 is 71.0 Å². The van der Waals surface area contributed by atoms with Crippen LogP contribution in [-0.4, -0.2) is 134 Å². The summed E-state index contributed by atoms with van der Waals surface area (Å²) >= 11 is 0. The molecule has 2 fully saturated rings. The van der Waals surface area contributed by atoms with E-state index in [-0.39, 0.29) is 99.5 Å². The number of nitrogens with one attached hydrogen (secondary N) is 12. The first-order valence-corrected chi connectivity index (χ1v) is 30.7. The summed E-state index contributed by atoms with van der Waals surface area (Å²) in [5.74, 6) is -2.66. The van der Waals surface area contributed by atoms with E-state index in [4.69, 9.17) is 28.4 Å². The number of alkyl halides is 6. The molecule has 0 aromatic heterocycles. The van der Waals surface area contributed by atoms with Gasteiger partial charge in [0.1, 0.15) is 34.6 Å². The molecule has 3 aromatic rings. The molecule has 0 radical (unpaired) electrons. The van der Waals surface area contributed by atoms with Gasteiger partial charge in [-0.25, -0.2) is 28.8 Å². The number of alkyl carbamates (subject to hydrolysis) is 4. The van der Waals surface area contributed by atoms with Crippen LogP contribution in [0.3, 0.4) is 0 Å². The average Bonchev–Trinajstić information content (AvgIpc) is 1.13. The van der Waals surface area contributed by atoms with Gasteiger partial charge in [0, 0.05) is 50.4 Å². The molecule has 530 valence electrons. The molecule has 2 saturated heterocycles. The van der Waals surface area contributed by atoms with Gasteiger partial charge >= 0.3 is 48.8 Å². The van der Waals surface area contributed by atoms with Crippen molar-refractivity contribution >= 4 is 94.3 Å². The molecule has 2 aliphatic rings. The van der Waals surface area contributed by atoms with Crippen molar-refractivity contribution < 1.29 is 93.1 Å². The molecule has 2 aliphatic heterocycles. The van der Waals surface area contributed by atoms with E-state index >= 15 is 0 Å². The lowest BCUT2D eigenvalue weighted by Gasteiger charge is -2.22. The highest BCUT2D eigenvalue weighted by Crippen LogP contribution is 2.44. The fourth-order valence-corrected chi connectivity index (χ4v) is 8.63. The first-order valence-electron chi connectivity index (χ1n) is 30.7. The van der Waals surface area contributed by atoms with Crippen LogP contribution in [0.1, 0.15) is 146 Å². The maximum Gasteiger partial charge on any atom is 0.416 e. The number of unbranched alkanes of at least 4 members (excludes halogenated alkanes) is 2. The topological polar surface area (TPSA) is 361 Å². The zero-order valence-electron chi connectivity index (χ0n) is 55.6. The van der Waals surface area contributed by atoms with Crippen LogP contribution in [0.2, 0.25) is 0 Å². The van der Waals surface area contributed by atoms with Crippen LogP contribution < -0.4 is 73.3 Å². The Morgan fingerprint density at radius 1 is 0.438 bits per heavy atom. The van der Waals surface area contributed by atoms with Crippen molar-refractivity contribution in [3.05, 3.63) is 59.7 Å². The van der Waals surface area contributed by atoms with Gasteiger partial charge in [-0.3, -0.25) is 40.8 Å². The zero-order valence-corrected chi connectivity index (χ0v) is 55.6. The number of carbonyl (C=O) groups is 8. The van der Waals surface area contributed by atoms with Crippen molar-refractivity contribution in [2.24, 2.45) is 9.98 Å². The fourth-order valence-electron chi connectivity index (χ4n) is 8.63. The molecule has 5 rings (SSSR count). The third kappa shape index (κ3) is 29.1. The summed E-state index contributed by atoms with van der Waals surface area (Å²) in [6, 6.07) is 5.64. The van der Waals surface area contributed by atoms with Gasteiger partial charge in [0.15, 0.2) is 11.5 Å². The molecule has 28 nitrogen and oxygen atoms in total. The minimum Gasteiger partial charge on any atom is -0.485 e. The first-order chi connectivity index (χ1) is 44.5. The molecule has 2 heterocycles. The minimum absolute atomic E-state index is 0.0427. The number of amides is 10. The van der Waals surface area contributed by atoms with Crippen LogP contribution >= 0.6 is 0 Å². The highest BCUT2D eigenvalue weighted by atomic mass is 19.4. The quantitative estimate of drug-likeness (QED) is 0.0164. The zero-order chi connectivity index (χ0) is 71.4. The Bertz CT molecular complexity index is 3010. The number of guanidine groups is 2. The molecule has 2 atom stereocenters. The van der Waals surface area contributed by atoms with Crippen molar-refractivity contribution in [2.75, 3.05) is 71.2 Å². The van der Waals surface area contributed by atoms with Crippen molar-refractivity contribution in [2.45, 2.75) is 181 Å². The molecule has 0 spiro atoms. The second-order valence-corrected chi connectivity index (χ2v) is 26.0. The van der Waals surface area contributed by atoms with E-state index in [0.29, 0.717) is 50.2 Å². The Morgan fingerprint density at radius 3 is 0.990 bits per heavy atom. The molecule has 34 heteroatoms. The monoisotopic (exact) mass is 1360 g/mol. The highest BCUT2D eigenvalue weighted by Gasteiger charge is 2.36. The van der Waals surface area contributed by atoms with E-state index in [9.17, 15) is 64.7 Å². The Balaban J connectivity index is 1.27. The lowest BCUT2D eigenvalue weighted by molar-refractivity contribution is -0.138. The molecule has 0 bridgehead atoms. The second-order valence-electron chi connectivity index (χ2n) is 26.0. The van der Waals surface area contributed by atoms with Crippen molar-refractivity contribution in [1.82, 2.24) is 31.9 Å². The first kappa shape index (κ1) is 77.4. The number of hydrogen-bond donors (Lipinski definition) is 12. The van der Waals surface area contributed by atoms with Crippen LogP contribution in [0.25, 0.3) is 0 Å². The predicted molar refractivity (Wildman–Crippen MR) is 345 cm³/mol. The molecule has 3 aromatic carbocycles. The number of aliphatic imine (C=N–C) groups is 2. The third-order valence-corrected chi connectivity index (χ3v) is 12.5. The van der Waals surface area contributed by atoms with E-state index in [2.05, 4.69) is 73.8 Å². The Labute approximate surface area is 551 Å². The van der Waals surface area contributed by atoms with E-state index in [1.54, 1.807) is 83.1 Å². The number of anilines is 6. The number of rotatable bonds is 20. The average molecular weight is 1370 g/mol. The molecule has 96 heavy (non-hydrogen) atoms. The largest absolute Gasteiger partial charge is 0.485 e. The summed E-state index contributed by atoms with van der Waals surface area (Å²) in [7, 11) is 0. The summed E-state index contributed by atoms with van der Waals surface area (Å²) in [6.07, 6.45) is -13.9. The Morgan fingerprint density at radius 2 is 0.729 bits per heavy atom. The normalized spacial score (nSPS) is 14.9. The highest BCUT2D eigenvalue weighted by molar-refractivity contribution is 6.05. The van der Waals surface area contributed by atoms with Crippen LogP contribution in [-0.2, 0) is 40.9 Å². The fraction of sp³-hybridized carbons (Fsp3) is 0.548. The minimum atomic E-state index is -4.99. The van der Waals surface area contributed by atoms with Gasteiger partial charge in [-0.1, -0.05) is 0 Å². The van der Waals surface area contributed by atoms with Crippen molar-refractivity contribution in [1.29, 1.82) is 0 Å². The van der Waals surface area contributed by atoms with Gasteiger partial charge in [0.2, 0.25) is 23.7 Å². The lowest BCUT2D eigenvalue weighted by Crippen LogP contribution is -2.47.